The highest BCUT2D eigenvalue weighted by molar-refractivity contribution is 7.89. The Morgan fingerprint density at radius 1 is 1.17 bits per heavy atom. The SMILES string of the molecule is Cc1ccc(C)c(S(=O)(=O)NCCNC(=O)c2cc(C)[nH]n2)c1. The van der Waals surface area contributed by atoms with E-state index in [4.69, 9.17) is 0 Å². The zero-order valence-corrected chi connectivity index (χ0v) is 14.1. The number of benzene rings is 1. The number of sulfonamides is 1. The fraction of sp³-hybridized carbons (Fsp3) is 0.333. The van der Waals surface area contributed by atoms with Gasteiger partial charge in [0.05, 0.1) is 4.90 Å². The van der Waals surface area contributed by atoms with Crippen LogP contribution in [0.1, 0.15) is 27.3 Å². The van der Waals surface area contributed by atoms with Gasteiger partial charge in [0, 0.05) is 18.8 Å². The maximum absolute atomic E-state index is 12.3. The minimum absolute atomic E-state index is 0.102. The average Bonchev–Trinajstić information content (AvgIpc) is 2.92. The van der Waals surface area contributed by atoms with Crippen molar-refractivity contribution < 1.29 is 13.2 Å². The van der Waals surface area contributed by atoms with Gasteiger partial charge in [0.1, 0.15) is 5.69 Å². The summed E-state index contributed by atoms with van der Waals surface area (Å²) in [6, 6.07) is 6.88. The van der Waals surface area contributed by atoms with Crippen molar-refractivity contribution in [1.82, 2.24) is 20.2 Å². The lowest BCUT2D eigenvalue weighted by atomic mass is 10.2. The molecule has 0 atom stereocenters. The van der Waals surface area contributed by atoms with Gasteiger partial charge >= 0.3 is 0 Å². The number of hydrogen-bond acceptors (Lipinski definition) is 4. The van der Waals surface area contributed by atoms with Gasteiger partial charge in [0.15, 0.2) is 0 Å². The molecule has 0 spiro atoms. The molecule has 0 radical (unpaired) electrons. The number of aromatic amines is 1. The second-order valence-corrected chi connectivity index (χ2v) is 7.09. The Morgan fingerprint density at radius 3 is 2.57 bits per heavy atom. The summed E-state index contributed by atoms with van der Waals surface area (Å²) < 4.78 is 27.0. The van der Waals surface area contributed by atoms with Crippen molar-refractivity contribution in [3.63, 3.8) is 0 Å². The molecule has 3 N–H and O–H groups in total. The highest BCUT2D eigenvalue weighted by atomic mass is 32.2. The predicted octanol–water partition coefficient (Wildman–Crippen LogP) is 1.04. The topological polar surface area (TPSA) is 104 Å². The summed E-state index contributed by atoms with van der Waals surface area (Å²) in [5, 5.41) is 9.13. The zero-order valence-electron chi connectivity index (χ0n) is 13.3. The summed E-state index contributed by atoms with van der Waals surface area (Å²) in [7, 11) is -3.60. The highest BCUT2D eigenvalue weighted by Crippen LogP contribution is 2.16. The maximum atomic E-state index is 12.3. The first-order valence-electron chi connectivity index (χ1n) is 7.17. The number of H-pyrrole nitrogens is 1. The number of carbonyl (C=O) groups is 1. The van der Waals surface area contributed by atoms with Crippen LogP contribution in [0.5, 0.6) is 0 Å². The van der Waals surface area contributed by atoms with Gasteiger partial charge in [-0.25, -0.2) is 13.1 Å². The molecular weight excluding hydrogens is 316 g/mol. The third kappa shape index (κ3) is 4.40. The molecule has 0 aliphatic rings. The molecule has 1 aromatic heterocycles. The van der Waals surface area contributed by atoms with Gasteiger partial charge in [-0.1, -0.05) is 12.1 Å². The molecule has 0 bridgehead atoms. The molecule has 0 aliphatic heterocycles. The van der Waals surface area contributed by atoms with Crippen LogP contribution in [-0.4, -0.2) is 37.6 Å². The van der Waals surface area contributed by atoms with E-state index < -0.39 is 10.0 Å². The van der Waals surface area contributed by atoms with E-state index >= 15 is 0 Å². The third-order valence-corrected chi connectivity index (χ3v) is 4.88. The number of nitrogens with zero attached hydrogens (tertiary/aromatic N) is 1. The maximum Gasteiger partial charge on any atom is 0.271 e. The minimum atomic E-state index is -3.60. The van der Waals surface area contributed by atoms with Gasteiger partial charge in [-0.15, -0.1) is 0 Å². The standard InChI is InChI=1S/C15H20N4O3S/c1-10-4-5-11(2)14(8-10)23(21,22)17-7-6-16-15(20)13-9-12(3)18-19-13/h4-5,8-9,17H,6-7H2,1-3H3,(H,16,20)(H,18,19). The number of nitrogens with one attached hydrogen (secondary N) is 3. The smallest absolute Gasteiger partial charge is 0.271 e. The molecule has 2 rings (SSSR count). The average molecular weight is 336 g/mol. The van der Waals surface area contributed by atoms with E-state index in [2.05, 4.69) is 20.2 Å². The summed E-state index contributed by atoms with van der Waals surface area (Å²) in [4.78, 5) is 12.0. The van der Waals surface area contributed by atoms with Gasteiger partial charge in [0.2, 0.25) is 10.0 Å². The Labute approximate surface area is 135 Å². The van der Waals surface area contributed by atoms with E-state index in [0.29, 0.717) is 5.56 Å². The van der Waals surface area contributed by atoms with Crippen molar-refractivity contribution in [2.24, 2.45) is 0 Å². The van der Waals surface area contributed by atoms with E-state index in [9.17, 15) is 13.2 Å². The van der Waals surface area contributed by atoms with Crippen LogP contribution < -0.4 is 10.0 Å². The number of hydrogen-bond donors (Lipinski definition) is 3. The van der Waals surface area contributed by atoms with Crippen molar-refractivity contribution in [2.75, 3.05) is 13.1 Å². The molecule has 124 valence electrons. The lowest BCUT2D eigenvalue weighted by Gasteiger charge is -2.10. The zero-order chi connectivity index (χ0) is 17.0. The lowest BCUT2D eigenvalue weighted by Crippen LogP contribution is -2.35. The molecule has 0 fully saturated rings. The summed E-state index contributed by atoms with van der Waals surface area (Å²) in [5.74, 6) is -0.347. The minimum Gasteiger partial charge on any atom is -0.349 e. The monoisotopic (exact) mass is 336 g/mol. The Morgan fingerprint density at radius 2 is 1.91 bits per heavy atom. The van der Waals surface area contributed by atoms with Gasteiger partial charge in [0.25, 0.3) is 5.91 Å². The summed E-state index contributed by atoms with van der Waals surface area (Å²) >= 11 is 0. The number of carbonyl (C=O) groups excluding carboxylic acids is 1. The molecule has 23 heavy (non-hydrogen) atoms. The molecule has 0 saturated heterocycles. The van der Waals surface area contributed by atoms with Crippen molar-refractivity contribution in [1.29, 1.82) is 0 Å². The molecule has 0 aliphatic carbocycles. The lowest BCUT2D eigenvalue weighted by molar-refractivity contribution is 0.0949. The summed E-state index contributed by atoms with van der Waals surface area (Å²) in [5.41, 5.74) is 2.61. The molecule has 2 aromatic rings. The first kappa shape index (κ1) is 17.2. The van der Waals surface area contributed by atoms with Crippen molar-refractivity contribution in [3.05, 3.63) is 46.8 Å². The third-order valence-electron chi connectivity index (χ3n) is 3.27. The van der Waals surface area contributed by atoms with E-state index in [1.807, 2.05) is 13.0 Å². The predicted molar refractivity (Wildman–Crippen MR) is 86.8 cm³/mol. The van der Waals surface area contributed by atoms with Crippen LogP contribution in [0.2, 0.25) is 0 Å². The number of aryl methyl sites for hydroxylation is 3. The second-order valence-electron chi connectivity index (χ2n) is 5.36. The van der Waals surface area contributed by atoms with Crippen molar-refractivity contribution in [3.8, 4) is 0 Å². The van der Waals surface area contributed by atoms with Crippen LogP contribution >= 0.6 is 0 Å². The van der Waals surface area contributed by atoms with E-state index in [1.165, 1.54) is 0 Å². The normalized spacial score (nSPS) is 11.4. The van der Waals surface area contributed by atoms with Crippen LogP contribution in [0.15, 0.2) is 29.2 Å². The van der Waals surface area contributed by atoms with Gasteiger partial charge in [-0.05, 0) is 44.0 Å². The Balaban J connectivity index is 1.90. The first-order valence-corrected chi connectivity index (χ1v) is 8.65. The molecule has 1 aromatic carbocycles. The highest BCUT2D eigenvalue weighted by Gasteiger charge is 2.16. The van der Waals surface area contributed by atoms with E-state index in [0.717, 1.165) is 11.3 Å². The molecule has 7 nitrogen and oxygen atoms in total. The first-order chi connectivity index (χ1) is 10.8. The van der Waals surface area contributed by atoms with Gasteiger partial charge in [-0.2, -0.15) is 5.10 Å². The van der Waals surface area contributed by atoms with Gasteiger partial charge in [-0.3, -0.25) is 9.89 Å². The molecule has 8 heteroatoms. The van der Waals surface area contributed by atoms with E-state index in [1.54, 1.807) is 32.0 Å². The van der Waals surface area contributed by atoms with E-state index in [-0.39, 0.29) is 29.6 Å². The van der Waals surface area contributed by atoms with Gasteiger partial charge < -0.3 is 5.32 Å². The van der Waals surface area contributed by atoms with Crippen LogP contribution in [-0.2, 0) is 10.0 Å². The molecule has 1 heterocycles. The fourth-order valence-electron chi connectivity index (χ4n) is 2.06. The molecule has 1 amide bonds. The Hall–Kier alpha value is -2.19. The van der Waals surface area contributed by atoms with Crippen LogP contribution in [0.25, 0.3) is 0 Å². The van der Waals surface area contributed by atoms with Crippen LogP contribution in [0, 0.1) is 20.8 Å². The second kappa shape index (κ2) is 6.93. The van der Waals surface area contributed by atoms with Crippen molar-refractivity contribution in [2.45, 2.75) is 25.7 Å². The quantitative estimate of drug-likeness (QED) is 0.686. The summed E-state index contributed by atoms with van der Waals surface area (Å²) in [6.07, 6.45) is 0. The molecular formula is C15H20N4O3S. The number of aromatic nitrogens is 2. The van der Waals surface area contributed by atoms with Crippen LogP contribution in [0.4, 0.5) is 0 Å². The summed E-state index contributed by atoms with van der Waals surface area (Å²) in [6.45, 7) is 5.65. The Kier molecular flexibility index (Phi) is 5.17. The largest absolute Gasteiger partial charge is 0.349 e. The molecule has 0 unspecified atom stereocenters. The number of amides is 1. The Bertz CT molecular complexity index is 812. The van der Waals surface area contributed by atoms with Crippen molar-refractivity contribution >= 4 is 15.9 Å². The molecule has 0 saturated carbocycles. The van der Waals surface area contributed by atoms with Crippen LogP contribution in [0.3, 0.4) is 0 Å². The fourth-order valence-corrected chi connectivity index (χ4v) is 3.42. The number of rotatable bonds is 6.